The number of ether oxygens (including phenoxy) is 2. The fourth-order valence-corrected chi connectivity index (χ4v) is 3.08. The Kier molecular flexibility index (Phi) is 5.98. The molecule has 0 aliphatic carbocycles. The van der Waals surface area contributed by atoms with E-state index >= 15 is 0 Å². The summed E-state index contributed by atoms with van der Waals surface area (Å²) in [5, 5.41) is 2.75. The van der Waals surface area contributed by atoms with Crippen LogP contribution in [0.1, 0.15) is 11.3 Å². The Balaban J connectivity index is 1.32. The minimum absolute atomic E-state index is 0.00136. The molecule has 1 N–H and O–H groups in total. The third-order valence-corrected chi connectivity index (χ3v) is 4.44. The number of pyridine rings is 1. The minimum Gasteiger partial charge on any atom is -0.487 e. The Morgan fingerprint density at radius 3 is 2.56 bits per heavy atom. The van der Waals surface area contributed by atoms with E-state index in [-0.39, 0.29) is 24.7 Å². The number of carbonyl (C=O) groups is 1. The van der Waals surface area contributed by atoms with Gasteiger partial charge in [-0.25, -0.2) is 4.98 Å². The van der Waals surface area contributed by atoms with E-state index in [1.807, 2.05) is 35.0 Å². The highest BCUT2D eigenvalue weighted by Crippen LogP contribution is 2.23. The third kappa shape index (κ3) is 5.78. The van der Waals surface area contributed by atoms with Crippen molar-refractivity contribution in [1.82, 2.24) is 9.38 Å². The molecule has 6 nitrogen and oxygen atoms in total. The molecule has 0 atom stereocenters. The van der Waals surface area contributed by atoms with E-state index in [2.05, 4.69) is 15.0 Å². The first-order valence-electron chi connectivity index (χ1n) is 9.64. The molecule has 1 amide bonds. The Bertz CT molecular complexity index is 1190. The van der Waals surface area contributed by atoms with Gasteiger partial charge < -0.3 is 19.2 Å². The SMILES string of the molecule is O=C(Cc1ccc(OC(F)(F)F)cc1)Nc1cccc(OCc2cn3ccccc3n2)c1. The number of hydrogen-bond acceptors (Lipinski definition) is 4. The van der Waals surface area contributed by atoms with Crippen molar-refractivity contribution in [3.05, 3.63) is 90.4 Å². The lowest BCUT2D eigenvalue weighted by Gasteiger charge is -2.10. The summed E-state index contributed by atoms with van der Waals surface area (Å²) in [5.41, 5.74) is 2.68. The summed E-state index contributed by atoms with van der Waals surface area (Å²) in [5.74, 6) is -0.0855. The summed E-state index contributed by atoms with van der Waals surface area (Å²) in [6.45, 7) is 0.269. The summed E-state index contributed by atoms with van der Waals surface area (Å²) in [6.07, 6.45) is -0.972. The van der Waals surface area contributed by atoms with E-state index in [1.165, 1.54) is 24.3 Å². The maximum absolute atomic E-state index is 12.3. The highest BCUT2D eigenvalue weighted by molar-refractivity contribution is 5.92. The lowest BCUT2D eigenvalue weighted by Crippen LogP contribution is -2.17. The standard InChI is InChI=1S/C23H18F3N3O3/c24-23(25,26)32-19-9-7-16(8-10-19)12-22(30)28-17-4-3-5-20(13-17)31-15-18-14-29-11-2-1-6-21(29)27-18/h1-11,13-14H,12,15H2,(H,28,30). The number of hydrogen-bond donors (Lipinski definition) is 1. The van der Waals surface area contributed by atoms with Crippen LogP contribution in [0, 0.1) is 0 Å². The predicted molar refractivity (Wildman–Crippen MR) is 111 cm³/mol. The fraction of sp³-hybridized carbons (Fsp3) is 0.130. The van der Waals surface area contributed by atoms with Gasteiger partial charge in [0.25, 0.3) is 0 Å². The first-order chi connectivity index (χ1) is 15.3. The van der Waals surface area contributed by atoms with E-state index < -0.39 is 6.36 Å². The molecular formula is C23H18F3N3O3. The minimum atomic E-state index is -4.75. The van der Waals surface area contributed by atoms with Crippen molar-refractivity contribution in [1.29, 1.82) is 0 Å². The molecule has 0 radical (unpaired) electrons. The highest BCUT2D eigenvalue weighted by Gasteiger charge is 2.30. The number of rotatable bonds is 7. The maximum Gasteiger partial charge on any atom is 0.573 e. The molecule has 2 aromatic carbocycles. The molecule has 9 heteroatoms. The van der Waals surface area contributed by atoms with Gasteiger partial charge in [0.2, 0.25) is 5.91 Å². The summed E-state index contributed by atoms with van der Waals surface area (Å²) < 4.78 is 48.2. The van der Waals surface area contributed by atoms with Crippen LogP contribution in [0.4, 0.5) is 18.9 Å². The van der Waals surface area contributed by atoms with Crippen LogP contribution in [-0.4, -0.2) is 21.7 Å². The molecule has 0 saturated carbocycles. The molecule has 0 aliphatic heterocycles. The summed E-state index contributed by atoms with van der Waals surface area (Å²) in [7, 11) is 0. The van der Waals surface area contributed by atoms with Crippen molar-refractivity contribution in [3.63, 3.8) is 0 Å². The lowest BCUT2D eigenvalue weighted by molar-refractivity contribution is -0.274. The van der Waals surface area contributed by atoms with Gasteiger partial charge in [0.05, 0.1) is 12.1 Å². The highest BCUT2D eigenvalue weighted by atomic mass is 19.4. The topological polar surface area (TPSA) is 64.9 Å². The number of amides is 1. The molecule has 0 unspecified atom stereocenters. The van der Waals surface area contributed by atoms with Gasteiger partial charge in [-0.2, -0.15) is 0 Å². The van der Waals surface area contributed by atoms with Crippen molar-refractivity contribution in [2.45, 2.75) is 19.4 Å². The van der Waals surface area contributed by atoms with E-state index in [1.54, 1.807) is 24.3 Å². The van der Waals surface area contributed by atoms with Gasteiger partial charge in [0, 0.05) is 24.1 Å². The molecule has 0 bridgehead atoms. The molecule has 0 saturated heterocycles. The number of nitrogens with one attached hydrogen (secondary N) is 1. The molecule has 0 spiro atoms. The second-order valence-corrected chi connectivity index (χ2v) is 6.93. The normalized spacial score (nSPS) is 11.3. The van der Waals surface area contributed by atoms with Gasteiger partial charge in [-0.15, -0.1) is 13.2 Å². The number of carbonyl (C=O) groups excluding carboxylic acids is 1. The van der Waals surface area contributed by atoms with Crippen LogP contribution in [0.25, 0.3) is 5.65 Å². The number of nitrogens with zero attached hydrogens (tertiary/aromatic N) is 2. The van der Waals surface area contributed by atoms with Gasteiger partial charge in [-0.05, 0) is 42.0 Å². The predicted octanol–water partition coefficient (Wildman–Crippen LogP) is 4.99. The molecule has 2 heterocycles. The lowest BCUT2D eigenvalue weighted by atomic mass is 10.1. The smallest absolute Gasteiger partial charge is 0.487 e. The van der Waals surface area contributed by atoms with Crippen LogP contribution < -0.4 is 14.8 Å². The maximum atomic E-state index is 12.3. The Morgan fingerprint density at radius 2 is 1.81 bits per heavy atom. The molecule has 0 aliphatic rings. The summed E-state index contributed by atoms with van der Waals surface area (Å²) in [6, 6.07) is 17.8. The first kappa shape index (κ1) is 21.2. The van der Waals surface area contributed by atoms with Gasteiger partial charge >= 0.3 is 6.36 Å². The van der Waals surface area contributed by atoms with Crippen molar-refractivity contribution < 1.29 is 27.4 Å². The number of halogens is 3. The van der Waals surface area contributed by atoms with Crippen LogP contribution in [0.2, 0.25) is 0 Å². The average Bonchev–Trinajstić information content (AvgIpc) is 3.16. The van der Waals surface area contributed by atoms with Crippen molar-refractivity contribution >= 4 is 17.2 Å². The Morgan fingerprint density at radius 1 is 1.00 bits per heavy atom. The summed E-state index contributed by atoms with van der Waals surface area (Å²) >= 11 is 0. The molecule has 4 rings (SSSR count). The van der Waals surface area contributed by atoms with Crippen molar-refractivity contribution in [2.75, 3.05) is 5.32 Å². The van der Waals surface area contributed by atoms with Crippen LogP contribution in [0.15, 0.2) is 79.1 Å². The molecular weight excluding hydrogens is 423 g/mol. The second kappa shape index (κ2) is 9.01. The molecule has 164 valence electrons. The zero-order chi connectivity index (χ0) is 22.6. The van der Waals surface area contributed by atoms with E-state index in [9.17, 15) is 18.0 Å². The van der Waals surface area contributed by atoms with Gasteiger partial charge in [-0.3, -0.25) is 4.79 Å². The zero-order valence-corrected chi connectivity index (χ0v) is 16.7. The number of alkyl halides is 3. The van der Waals surface area contributed by atoms with Gasteiger partial charge in [-0.1, -0.05) is 24.3 Å². The zero-order valence-electron chi connectivity index (χ0n) is 16.7. The quantitative estimate of drug-likeness (QED) is 0.439. The van der Waals surface area contributed by atoms with Gasteiger partial charge in [0.15, 0.2) is 0 Å². The number of fused-ring (bicyclic) bond motifs is 1. The number of imidazole rings is 1. The summed E-state index contributed by atoms with van der Waals surface area (Å²) in [4.78, 5) is 16.8. The van der Waals surface area contributed by atoms with Crippen LogP contribution in [0.3, 0.4) is 0 Å². The largest absolute Gasteiger partial charge is 0.573 e. The Hall–Kier alpha value is -4.01. The van der Waals surface area contributed by atoms with Crippen LogP contribution in [0.5, 0.6) is 11.5 Å². The molecule has 32 heavy (non-hydrogen) atoms. The number of anilines is 1. The van der Waals surface area contributed by atoms with E-state index in [0.29, 0.717) is 17.0 Å². The Labute approximate surface area is 181 Å². The van der Waals surface area contributed by atoms with E-state index in [0.717, 1.165) is 11.3 Å². The van der Waals surface area contributed by atoms with Crippen molar-refractivity contribution in [2.24, 2.45) is 0 Å². The monoisotopic (exact) mass is 441 g/mol. The molecule has 0 fully saturated rings. The van der Waals surface area contributed by atoms with Crippen LogP contribution in [-0.2, 0) is 17.8 Å². The molecule has 2 aromatic heterocycles. The third-order valence-electron chi connectivity index (χ3n) is 4.44. The van der Waals surface area contributed by atoms with Gasteiger partial charge in [0.1, 0.15) is 23.8 Å². The second-order valence-electron chi connectivity index (χ2n) is 6.93. The number of benzene rings is 2. The van der Waals surface area contributed by atoms with E-state index in [4.69, 9.17) is 4.74 Å². The van der Waals surface area contributed by atoms with Crippen molar-refractivity contribution in [3.8, 4) is 11.5 Å². The average molecular weight is 441 g/mol. The van der Waals surface area contributed by atoms with Crippen LogP contribution >= 0.6 is 0 Å². The molecule has 4 aromatic rings. The number of aromatic nitrogens is 2. The fourth-order valence-electron chi connectivity index (χ4n) is 3.08. The first-order valence-corrected chi connectivity index (χ1v) is 9.64.